The highest BCUT2D eigenvalue weighted by molar-refractivity contribution is 7.20. The van der Waals surface area contributed by atoms with E-state index in [1.165, 1.54) is 11.3 Å². The van der Waals surface area contributed by atoms with E-state index < -0.39 is 0 Å². The third kappa shape index (κ3) is 3.84. The number of nitrogens with zero attached hydrogens (tertiary/aromatic N) is 2. The van der Waals surface area contributed by atoms with Crippen LogP contribution in [0.2, 0.25) is 0 Å². The minimum atomic E-state index is -0.218. The smallest absolute Gasteiger partial charge is 0.266 e. The van der Waals surface area contributed by atoms with Gasteiger partial charge in [-0.15, -0.1) is 11.3 Å². The van der Waals surface area contributed by atoms with E-state index in [1.54, 1.807) is 10.9 Å². The fraction of sp³-hybridized carbons (Fsp3) is 0.174. The number of benzene rings is 2. The molecule has 2 aromatic heterocycles. The average Bonchev–Trinajstić information content (AvgIpc) is 3.01. The highest BCUT2D eigenvalue weighted by Crippen LogP contribution is 2.28. The van der Waals surface area contributed by atoms with Crippen LogP contribution in [-0.4, -0.2) is 15.5 Å². The van der Waals surface area contributed by atoms with E-state index in [-0.39, 0.29) is 11.5 Å². The molecule has 6 heteroatoms. The van der Waals surface area contributed by atoms with Crippen molar-refractivity contribution in [1.29, 1.82) is 0 Å². The summed E-state index contributed by atoms with van der Waals surface area (Å²) < 4.78 is 1.59. The molecule has 2 heterocycles. The summed E-state index contributed by atoms with van der Waals surface area (Å²) in [7, 11) is 0. The van der Waals surface area contributed by atoms with Crippen molar-refractivity contribution in [2.75, 3.05) is 5.32 Å². The van der Waals surface area contributed by atoms with Gasteiger partial charge in [-0.1, -0.05) is 36.4 Å². The largest absolute Gasteiger partial charge is 0.321 e. The second-order valence-corrected chi connectivity index (χ2v) is 8.23. The molecule has 0 spiro atoms. The van der Waals surface area contributed by atoms with Gasteiger partial charge in [-0.2, -0.15) is 0 Å². The molecule has 29 heavy (non-hydrogen) atoms. The molecule has 4 rings (SSSR count). The summed E-state index contributed by atoms with van der Waals surface area (Å²) in [5, 5.41) is 3.46. The Labute approximate surface area is 172 Å². The van der Waals surface area contributed by atoms with E-state index in [0.29, 0.717) is 27.2 Å². The van der Waals surface area contributed by atoms with E-state index in [0.717, 1.165) is 22.4 Å². The SMILES string of the molecule is Cc1cc(C)cc(NC(=O)c2sc3ncn(Cc4ccccc4)c(=O)c3c2C)c1. The van der Waals surface area contributed by atoms with Crippen molar-refractivity contribution in [3.05, 3.63) is 92.3 Å². The van der Waals surface area contributed by atoms with Crippen molar-refractivity contribution in [3.63, 3.8) is 0 Å². The Kier molecular flexibility index (Phi) is 5.03. The number of hydrogen-bond acceptors (Lipinski definition) is 4. The molecule has 0 radical (unpaired) electrons. The first-order valence-electron chi connectivity index (χ1n) is 9.34. The normalized spacial score (nSPS) is 11.0. The highest BCUT2D eigenvalue weighted by atomic mass is 32.1. The van der Waals surface area contributed by atoms with Crippen LogP contribution in [0.25, 0.3) is 10.2 Å². The minimum Gasteiger partial charge on any atom is -0.321 e. The summed E-state index contributed by atoms with van der Waals surface area (Å²) in [5.74, 6) is -0.218. The topological polar surface area (TPSA) is 64.0 Å². The zero-order valence-corrected chi connectivity index (χ0v) is 17.3. The molecule has 0 fully saturated rings. The number of amides is 1. The molecule has 0 saturated carbocycles. The van der Waals surface area contributed by atoms with Crippen molar-refractivity contribution in [2.24, 2.45) is 0 Å². The summed E-state index contributed by atoms with van der Waals surface area (Å²) in [6, 6.07) is 15.7. The van der Waals surface area contributed by atoms with E-state index in [1.807, 2.05) is 63.2 Å². The number of aryl methyl sites for hydroxylation is 3. The van der Waals surface area contributed by atoms with Gasteiger partial charge < -0.3 is 5.32 Å². The minimum absolute atomic E-state index is 0.127. The Morgan fingerprint density at radius 1 is 1.07 bits per heavy atom. The quantitative estimate of drug-likeness (QED) is 0.538. The third-order valence-corrected chi connectivity index (χ3v) is 6.00. The van der Waals surface area contributed by atoms with E-state index >= 15 is 0 Å². The van der Waals surface area contributed by atoms with Crippen LogP contribution in [0.5, 0.6) is 0 Å². The molecule has 0 bridgehead atoms. The van der Waals surface area contributed by atoms with E-state index in [4.69, 9.17) is 0 Å². The van der Waals surface area contributed by atoms with Crippen LogP contribution in [0.4, 0.5) is 5.69 Å². The molecular weight excluding hydrogens is 382 g/mol. The zero-order chi connectivity index (χ0) is 20.5. The maximum atomic E-state index is 13.0. The molecule has 0 unspecified atom stereocenters. The van der Waals surface area contributed by atoms with Crippen molar-refractivity contribution >= 4 is 33.1 Å². The predicted octanol–water partition coefficient (Wildman–Crippen LogP) is 4.68. The highest BCUT2D eigenvalue weighted by Gasteiger charge is 2.20. The Hall–Kier alpha value is -3.25. The number of carbonyl (C=O) groups is 1. The summed E-state index contributed by atoms with van der Waals surface area (Å²) in [6.07, 6.45) is 1.55. The molecule has 0 saturated heterocycles. The lowest BCUT2D eigenvalue weighted by Crippen LogP contribution is -2.21. The van der Waals surface area contributed by atoms with E-state index in [9.17, 15) is 9.59 Å². The van der Waals surface area contributed by atoms with E-state index in [2.05, 4.69) is 16.4 Å². The van der Waals surface area contributed by atoms with Crippen LogP contribution in [-0.2, 0) is 6.54 Å². The predicted molar refractivity (Wildman–Crippen MR) is 118 cm³/mol. The number of nitrogens with one attached hydrogen (secondary N) is 1. The van der Waals surface area contributed by atoms with Crippen LogP contribution in [0, 0.1) is 20.8 Å². The van der Waals surface area contributed by atoms with Gasteiger partial charge in [0, 0.05) is 5.69 Å². The van der Waals surface area contributed by atoms with Gasteiger partial charge in [0.25, 0.3) is 11.5 Å². The second-order valence-electron chi connectivity index (χ2n) is 7.23. The fourth-order valence-corrected chi connectivity index (χ4v) is 4.54. The monoisotopic (exact) mass is 403 g/mol. The van der Waals surface area contributed by atoms with Crippen LogP contribution < -0.4 is 10.9 Å². The van der Waals surface area contributed by atoms with Crippen LogP contribution >= 0.6 is 11.3 Å². The van der Waals surface area contributed by atoms with Gasteiger partial charge in [0.05, 0.1) is 23.1 Å². The molecule has 0 aliphatic rings. The number of fused-ring (bicyclic) bond motifs is 1. The summed E-state index contributed by atoms with van der Waals surface area (Å²) in [5.41, 5.74) is 4.48. The number of aromatic nitrogens is 2. The number of thiophene rings is 1. The van der Waals surface area contributed by atoms with Crippen molar-refractivity contribution in [3.8, 4) is 0 Å². The van der Waals surface area contributed by atoms with Gasteiger partial charge in [0.15, 0.2) is 0 Å². The number of rotatable bonds is 4. The zero-order valence-electron chi connectivity index (χ0n) is 16.5. The molecule has 5 nitrogen and oxygen atoms in total. The molecule has 1 N–H and O–H groups in total. The molecule has 4 aromatic rings. The Morgan fingerprint density at radius 2 is 1.76 bits per heavy atom. The second kappa shape index (κ2) is 7.64. The summed E-state index contributed by atoms with van der Waals surface area (Å²) in [4.78, 5) is 31.5. The van der Waals surface area contributed by atoms with Gasteiger partial charge >= 0.3 is 0 Å². The average molecular weight is 404 g/mol. The standard InChI is InChI=1S/C23H21N3O2S/c1-14-9-15(2)11-18(10-14)25-21(27)20-16(3)19-22(29-20)24-13-26(23(19)28)12-17-7-5-4-6-8-17/h4-11,13H,12H2,1-3H3,(H,25,27). The fourth-order valence-electron chi connectivity index (χ4n) is 3.50. The lowest BCUT2D eigenvalue weighted by Gasteiger charge is -2.07. The van der Waals surface area contributed by atoms with Gasteiger partial charge in [-0.3, -0.25) is 14.2 Å². The Balaban J connectivity index is 1.69. The first kappa shape index (κ1) is 19.1. The van der Waals surface area contributed by atoms with Crippen LogP contribution in [0.1, 0.15) is 31.9 Å². The van der Waals surface area contributed by atoms with Gasteiger partial charge in [-0.05, 0) is 55.2 Å². The maximum absolute atomic E-state index is 13.0. The first-order chi connectivity index (χ1) is 13.9. The molecule has 2 aromatic carbocycles. The Morgan fingerprint density at radius 3 is 2.45 bits per heavy atom. The number of hydrogen-bond donors (Lipinski definition) is 1. The summed E-state index contributed by atoms with van der Waals surface area (Å²) >= 11 is 1.25. The van der Waals surface area contributed by atoms with Crippen molar-refractivity contribution in [2.45, 2.75) is 27.3 Å². The first-order valence-corrected chi connectivity index (χ1v) is 10.2. The van der Waals surface area contributed by atoms with Gasteiger partial charge in [-0.25, -0.2) is 4.98 Å². The third-order valence-electron chi connectivity index (χ3n) is 4.80. The number of anilines is 1. The van der Waals surface area contributed by atoms with Gasteiger partial charge in [0.1, 0.15) is 4.83 Å². The lowest BCUT2D eigenvalue weighted by atomic mass is 10.1. The molecule has 0 atom stereocenters. The molecule has 146 valence electrons. The van der Waals surface area contributed by atoms with Crippen molar-refractivity contribution in [1.82, 2.24) is 9.55 Å². The van der Waals surface area contributed by atoms with Crippen LogP contribution in [0.15, 0.2) is 59.7 Å². The van der Waals surface area contributed by atoms with Gasteiger partial charge in [0.2, 0.25) is 0 Å². The van der Waals surface area contributed by atoms with Crippen LogP contribution in [0.3, 0.4) is 0 Å². The lowest BCUT2D eigenvalue weighted by molar-refractivity contribution is 0.103. The number of carbonyl (C=O) groups excluding carboxylic acids is 1. The Bertz CT molecular complexity index is 1250. The maximum Gasteiger partial charge on any atom is 0.266 e. The molecule has 0 aliphatic carbocycles. The molecule has 0 aliphatic heterocycles. The van der Waals surface area contributed by atoms with Crippen molar-refractivity contribution < 1.29 is 4.79 Å². The molecular formula is C23H21N3O2S. The summed E-state index contributed by atoms with van der Waals surface area (Å²) in [6.45, 7) is 6.24. The molecule has 1 amide bonds.